The van der Waals surface area contributed by atoms with Crippen molar-refractivity contribution in [3.05, 3.63) is 95.9 Å². The molecule has 0 saturated carbocycles. The highest BCUT2D eigenvalue weighted by Gasteiger charge is 2.30. The topological polar surface area (TPSA) is 96.1 Å². The molecule has 0 saturated heterocycles. The lowest BCUT2D eigenvalue weighted by molar-refractivity contribution is -0.0878. The van der Waals surface area contributed by atoms with Crippen molar-refractivity contribution in [2.45, 2.75) is 12.7 Å². The zero-order valence-corrected chi connectivity index (χ0v) is 19.8. The number of pyridine rings is 1. The Hall–Kier alpha value is -4.25. The van der Waals surface area contributed by atoms with Gasteiger partial charge in [-0.15, -0.1) is 0 Å². The lowest BCUT2D eigenvalue weighted by Gasteiger charge is -2.12. The number of hydrogen-bond acceptors (Lipinski definition) is 5. The number of nitrogens with zero attached hydrogens (tertiary/aromatic N) is 1. The largest absolute Gasteiger partial charge is 0.464 e. The number of halogens is 3. The van der Waals surface area contributed by atoms with Gasteiger partial charge in [-0.05, 0) is 35.9 Å². The molecule has 0 radical (unpaired) electrons. The molecule has 1 amide bonds. The Labute approximate surface area is 209 Å². The molecule has 186 valence electrons. The monoisotopic (exact) mass is 514 g/mol. The predicted molar refractivity (Wildman–Crippen MR) is 135 cm³/mol. The zero-order chi connectivity index (χ0) is 26.5. The summed E-state index contributed by atoms with van der Waals surface area (Å²) in [6, 6.07) is 9.85. The molecule has 0 aliphatic heterocycles. The van der Waals surface area contributed by atoms with Gasteiger partial charge in [0.25, 0.3) is 5.91 Å². The van der Waals surface area contributed by atoms with Crippen LogP contribution in [0.2, 0.25) is 0 Å². The number of rotatable bonds is 8. The van der Waals surface area contributed by atoms with Crippen molar-refractivity contribution in [3.8, 4) is 0 Å². The van der Waals surface area contributed by atoms with Crippen molar-refractivity contribution in [1.82, 2.24) is 15.3 Å². The second-order valence-electron chi connectivity index (χ2n) is 7.50. The number of allylic oxidation sites excluding steroid dienone is 2. The molecule has 3 rings (SSSR count). The molecule has 0 spiro atoms. The second kappa shape index (κ2) is 11.0. The van der Waals surface area contributed by atoms with E-state index in [4.69, 9.17) is 12.2 Å². The van der Waals surface area contributed by atoms with Gasteiger partial charge < -0.3 is 20.4 Å². The number of amides is 1. The molecule has 0 atom stereocenters. The van der Waals surface area contributed by atoms with Gasteiger partial charge in [-0.25, -0.2) is 9.78 Å². The van der Waals surface area contributed by atoms with Crippen LogP contribution in [-0.4, -0.2) is 40.1 Å². The van der Waals surface area contributed by atoms with Crippen molar-refractivity contribution >= 4 is 45.8 Å². The number of H-pyrrole nitrogens is 1. The minimum atomic E-state index is -4.57. The predicted octanol–water partition coefficient (Wildman–Crippen LogP) is 5.25. The van der Waals surface area contributed by atoms with Crippen LogP contribution in [0.4, 0.5) is 18.9 Å². The number of fused-ring (bicyclic) bond motifs is 1. The van der Waals surface area contributed by atoms with Gasteiger partial charge in [-0.3, -0.25) is 4.79 Å². The highest BCUT2D eigenvalue weighted by Crippen LogP contribution is 2.26. The highest BCUT2D eigenvalue weighted by molar-refractivity contribution is 7.80. The van der Waals surface area contributed by atoms with E-state index >= 15 is 0 Å². The summed E-state index contributed by atoms with van der Waals surface area (Å²) in [6.45, 7) is 6.66. The van der Waals surface area contributed by atoms with Gasteiger partial charge in [0.05, 0.1) is 19.0 Å². The number of alkyl halides is 3. The van der Waals surface area contributed by atoms with Crippen LogP contribution in [-0.2, 0) is 11.3 Å². The number of carbonyl (C=O) groups excluding carboxylic acids is 2. The molecule has 2 heterocycles. The number of carbonyl (C=O) groups is 2. The fourth-order valence-electron chi connectivity index (χ4n) is 3.10. The minimum absolute atomic E-state index is 0.0578. The van der Waals surface area contributed by atoms with E-state index in [0.717, 1.165) is 6.08 Å². The van der Waals surface area contributed by atoms with E-state index in [9.17, 15) is 22.8 Å². The maximum Gasteiger partial charge on any atom is 0.415 e. The number of thiocarbonyl (C=S) groups is 1. The van der Waals surface area contributed by atoms with Gasteiger partial charge in [0, 0.05) is 28.6 Å². The normalized spacial score (nSPS) is 11.6. The van der Waals surface area contributed by atoms with Crippen molar-refractivity contribution < 1.29 is 27.5 Å². The molecule has 2 aromatic heterocycles. The summed E-state index contributed by atoms with van der Waals surface area (Å²) in [5.74, 6) is -0.943. The molecule has 0 unspecified atom stereocenters. The number of aromatic amines is 1. The number of benzene rings is 1. The number of hydrogen-bond donors (Lipinski definition) is 3. The molecule has 0 bridgehead atoms. The third-order valence-electron chi connectivity index (χ3n) is 4.95. The molecular formula is C25H21F3N4O3S. The van der Waals surface area contributed by atoms with Crippen LogP contribution >= 0.6 is 12.2 Å². The molecule has 0 aliphatic rings. The number of ether oxygens (including phenoxy) is 1. The highest BCUT2D eigenvalue weighted by atomic mass is 32.1. The van der Waals surface area contributed by atoms with Crippen LogP contribution in [0.25, 0.3) is 11.0 Å². The average Bonchev–Trinajstić information content (AvgIpc) is 3.28. The molecule has 3 aromatic rings. The van der Waals surface area contributed by atoms with Crippen LogP contribution in [0.15, 0.2) is 79.1 Å². The van der Waals surface area contributed by atoms with E-state index in [2.05, 4.69) is 38.5 Å². The van der Waals surface area contributed by atoms with E-state index in [-0.39, 0.29) is 22.8 Å². The summed E-state index contributed by atoms with van der Waals surface area (Å²) in [5.41, 5.74) is 1.15. The summed E-state index contributed by atoms with van der Waals surface area (Å²) in [6.07, 6.45) is -1.11. The van der Waals surface area contributed by atoms with E-state index in [0.29, 0.717) is 27.8 Å². The molecule has 1 aromatic carbocycles. The van der Waals surface area contributed by atoms with Crippen LogP contribution in [0.3, 0.4) is 0 Å². The molecule has 0 aliphatic carbocycles. The van der Waals surface area contributed by atoms with Crippen LogP contribution < -0.4 is 10.6 Å². The fraction of sp³-hybridized carbons (Fsp3) is 0.120. The quantitative estimate of drug-likeness (QED) is 0.165. The van der Waals surface area contributed by atoms with E-state index < -0.39 is 23.6 Å². The minimum Gasteiger partial charge on any atom is -0.464 e. The molecule has 0 fully saturated rings. The number of methoxy groups -OCH3 is 1. The summed E-state index contributed by atoms with van der Waals surface area (Å²) in [5, 5.41) is 6.21. The van der Waals surface area contributed by atoms with E-state index in [1.165, 1.54) is 19.4 Å². The van der Waals surface area contributed by atoms with E-state index in [1.807, 2.05) is 0 Å². The van der Waals surface area contributed by atoms with Crippen molar-refractivity contribution in [3.63, 3.8) is 0 Å². The van der Waals surface area contributed by atoms with Crippen molar-refractivity contribution in [2.75, 3.05) is 12.4 Å². The first-order valence-corrected chi connectivity index (χ1v) is 10.8. The maximum absolute atomic E-state index is 12.8. The summed E-state index contributed by atoms with van der Waals surface area (Å²) < 4.78 is 42.9. The smallest absolute Gasteiger partial charge is 0.415 e. The Morgan fingerprint density at radius 2 is 2.00 bits per heavy atom. The van der Waals surface area contributed by atoms with Gasteiger partial charge >= 0.3 is 12.1 Å². The SMILES string of the molecule is C=C/C(=C\C(=C)C(F)(F)F)C(=S)NCc1cccc(C(=O)Nc2cnc3[nH]c(C(=O)OC)cc3c2)c1. The van der Waals surface area contributed by atoms with Crippen LogP contribution in [0, 0.1) is 0 Å². The summed E-state index contributed by atoms with van der Waals surface area (Å²) >= 11 is 5.17. The Bertz CT molecular complexity index is 1390. The Morgan fingerprint density at radius 1 is 1.25 bits per heavy atom. The first-order chi connectivity index (χ1) is 17.0. The van der Waals surface area contributed by atoms with E-state index in [1.54, 1.807) is 36.4 Å². The Morgan fingerprint density at radius 3 is 2.67 bits per heavy atom. The lowest BCUT2D eigenvalue weighted by atomic mass is 10.1. The van der Waals surface area contributed by atoms with Gasteiger partial charge in [0.15, 0.2) is 0 Å². The third kappa shape index (κ3) is 6.45. The number of aromatic nitrogens is 2. The summed E-state index contributed by atoms with van der Waals surface area (Å²) in [7, 11) is 1.27. The summed E-state index contributed by atoms with van der Waals surface area (Å²) in [4.78, 5) is 31.5. The number of anilines is 1. The zero-order valence-electron chi connectivity index (χ0n) is 19.0. The molecule has 36 heavy (non-hydrogen) atoms. The van der Waals surface area contributed by atoms with Crippen molar-refractivity contribution in [1.29, 1.82) is 0 Å². The fourth-order valence-corrected chi connectivity index (χ4v) is 3.32. The molecule has 7 nitrogen and oxygen atoms in total. The van der Waals surface area contributed by atoms with Gasteiger partial charge in [-0.1, -0.05) is 43.6 Å². The first-order valence-electron chi connectivity index (χ1n) is 10.4. The van der Waals surface area contributed by atoms with Gasteiger partial charge in [0.1, 0.15) is 16.3 Å². The second-order valence-corrected chi connectivity index (χ2v) is 7.91. The van der Waals surface area contributed by atoms with Crippen molar-refractivity contribution in [2.24, 2.45) is 0 Å². The van der Waals surface area contributed by atoms with Crippen LogP contribution in [0.5, 0.6) is 0 Å². The van der Waals surface area contributed by atoms with Crippen LogP contribution in [0.1, 0.15) is 26.4 Å². The average molecular weight is 515 g/mol. The van der Waals surface area contributed by atoms with Gasteiger partial charge in [0.2, 0.25) is 0 Å². The Balaban J connectivity index is 1.68. The van der Waals surface area contributed by atoms with Gasteiger partial charge in [-0.2, -0.15) is 13.2 Å². The standard InChI is InChI=1S/C25H21F3N4O3S/c1-4-16(8-14(2)25(26,27)28)23(36)30-12-15-6-5-7-17(9-15)22(33)31-19-10-18-11-20(24(34)35-3)32-21(18)29-13-19/h4-11,13H,1-2,12H2,3H3,(H,29,32)(H,30,36)(H,31,33)/b16-8+. The number of nitrogens with one attached hydrogen (secondary N) is 3. The third-order valence-corrected chi connectivity index (χ3v) is 5.33. The number of esters is 1. The lowest BCUT2D eigenvalue weighted by Crippen LogP contribution is -2.23. The molecular weight excluding hydrogens is 493 g/mol. The molecule has 3 N–H and O–H groups in total. The maximum atomic E-state index is 12.8. The Kier molecular flexibility index (Phi) is 8.05. The first kappa shape index (κ1) is 26.4. The molecule has 11 heteroatoms.